The molecule has 0 atom stereocenters. The smallest absolute Gasteiger partial charge is 0.367 e. The summed E-state index contributed by atoms with van der Waals surface area (Å²) in [6.45, 7) is 0.565. The summed E-state index contributed by atoms with van der Waals surface area (Å²) in [4.78, 5) is 16.7. The summed E-state index contributed by atoms with van der Waals surface area (Å²) in [5.74, 6) is -1.06. The van der Waals surface area contributed by atoms with E-state index in [2.05, 4.69) is 15.2 Å². The normalized spacial score (nSPS) is 10.2. The van der Waals surface area contributed by atoms with Gasteiger partial charge in [0.15, 0.2) is 0 Å². The van der Waals surface area contributed by atoms with Gasteiger partial charge in [0.05, 0.1) is 12.2 Å². The van der Waals surface area contributed by atoms with Crippen molar-refractivity contribution in [3.05, 3.63) is 35.1 Å². The lowest BCUT2D eigenvalue weighted by Gasteiger charge is -2.13. The van der Waals surface area contributed by atoms with Crippen molar-refractivity contribution in [1.82, 2.24) is 15.2 Å². The molecule has 6 nitrogen and oxygen atoms in total. The highest BCUT2D eigenvalue weighted by Gasteiger charge is 2.13. The van der Waals surface area contributed by atoms with Crippen LogP contribution in [0.4, 0.5) is 5.13 Å². The van der Waals surface area contributed by atoms with Gasteiger partial charge in [0.1, 0.15) is 0 Å². The maximum absolute atomic E-state index is 10.7. The molecule has 17 heavy (non-hydrogen) atoms. The molecule has 2 rings (SSSR count). The van der Waals surface area contributed by atoms with Gasteiger partial charge in [-0.25, -0.2) is 4.79 Å². The van der Waals surface area contributed by atoms with Crippen LogP contribution in [0, 0.1) is 0 Å². The van der Waals surface area contributed by atoms with Gasteiger partial charge in [-0.2, -0.15) is 0 Å². The van der Waals surface area contributed by atoms with Crippen LogP contribution in [0.3, 0.4) is 0 Å². The molecule has 1 N–H and O–H groups in total. The molecule has 0 saturated carbocycles. The lowest BCUT2D eigenvalue weighted by molar-refractivity contribution is 0.0695. The largest absolute Gasteiger partial charge is 0.476 e. The number of nitrogens with zero attached hydrogens (tertiary/aromatic N) is 4. The van der Waals surface area contributed by atoms with Crippen molar-refractivity contribution in [2.75, 3.05) is 11.9 Å². The molecule has 2 aromatic rings. The maximum atomic E-state index is 10.7. The number of aromatic carboxylic acids is 1. The van der Waals surface area contributed by atoms with Crippen LogP contribution in [0.2, 0.25) is 0 Å². The first-order valence-corrected chi connectivity index (χ1v) is 5.66. The van der Waals surface area contributed by atoms with Gasteiger partial charge in [-0.1, -0.05) is 17.4 Å². The minimum atomic E-state index is -1.06. The number of pyridine rings is 1. The second-order valence-corrected chi connectivity index (χ2v) is 4.33. The lowest BCUT2D eigenvalue weighted by Crippen LogP contribution is -2.16. The molecule has 2 aromatic heterocycles. The molecule has 88 valence electrons. The van der Waals surface area contributed by atoms with Crippen molar-refractivity contribution >= 4 is 22.4 Å². The summed E-state index contributed by atoms with van der Waals surface area (Å²) in [5, 5.41) is 16.7. The average molecular weight is 250 g/mol. The van der Waals surface area contributed by atoms with Crippen molar-refractivity contribution in [1.29, 1.82) is 0 Å². The van der Waals surface area contributed by atoms with Gasteiger partial charge >= 0.3 is 5.97 Å². The van der Waals surface area contributed by atoms with Crippen molar-refractivity contribution in [3.63, 3.8) is 0 Å². The van der Waals surface area contributed by atoms with E-state index in [9.17, 15) is 4.79 Å². The molecule has 0 saturated heterocycles. The molecule has 0 aliphatic carbocycles. The van der Waals surface area contributed by atoms with E-state index in [1.807, 2.05) is 30.1 Å². The summed E-state index contributed by atoms with van der Waals surface area (Å²) >= 11 is 1.04. The Morgan fingerprint density at radius 3 is 2.88 bits per heavy atom. The minimum Gasteiger partial charge on any atom is -0.476 e. The van der Waals surface area contributed by atoms with E-state index in [4.69, 9.17) is 5.11 Å². The van der Waals surface area contributed by atoms with Crippen molar-refractivity contribution in [2.45, 2.75) is 6.54 Å². The van der Waals surface area contributed by atoms with E-state index in [0.717, 1.165) is 17.0 Å². The Labute approximate surface area is 102 Å². The van der Waals surface area contributed by atoms with E-state index in [1.165, 1.54) is 0 Å². The number of aromatic nitrogens is 3. The Morgan fingerprint density at radius 1 is 1.47 bits per heavy atom. The molecule has 0 spiro atoms. The molecule has 0 aliphatic rings. The van der Waals surface area contributed by atoms with Gasteiger partial charge in [-0.3, -0.25) is 4.98 Å². The third-order valence-electron chi connectivity index (χ3n) is 2.05. The zero-order valence-corrected chi connectivity index (χ0v) is 9.89. The topological polar surface area (TPSA) is 79.2 Å². The fourth-order valence-electron chi connectivity index (χ4n) is 1.26. The van der Waals surface area contributed by atoms with Gasteiger partial charge in [0.2, 0.25) is 10.1 Å². The Bertz CT molecular complexity index is 514. The number of carbonyl (C=O) groups is 1. The van der Waals surface area contributed by atoms with Gasteiger partial charge in [0, 0.05) is 13.2 Å². The van der Waals surface area contributed by atoms with Crippen LogP contribution >= 0.6 is 11.3 Å². The fourth-order valence-corrected chi connectivity index (χ4v) is 1.90. The predicted octanol–water partition coefficient (Wildman–Crippen LogP) is 1.27. The van der Waals surface area contributed by atoms with E-state index in [1.54, 1.807) is 6.20 Å². The van der Waals surface area contributed by atoms with Crippen LogP contribution < -0.4 is 4.90 Å². The molecule has 0 aliphatic heterocycles. The number of anilines is 1. The van der Waals surface area contributed by atoms with Crippen molar-refractivity contribution in [2.24, 2.45) is 0 Å². The third kappa shape index (κ3) is 2.76. The molecule has 0 amide bonds. The van der Waals surface area contributed by atoms with Gasteiger partial charge in [-0.15, -0.1) is 10.2 Å². The second-order valence-electron chi connectivity index (χ2n) is 3.37. The lowest BCUT2D eigenvalue weighted by atomic mass is 10.3. The number of carboxylic acid groups (broad SMARTS) is 1. The monoisotopic (exact) mass is 250 g/mol. The molecule has 0 aromatic carbocycles. The molecular formula is C10H10N4O2S. The molecule has 0 fully saturated rings. The van der Waals surface area contributed by atoms with Crippen LogP contribution in [0.5, 0.6) is 0 Å². The highest BCUT2D eigenvalue weighted by atomic mass is 32.1. The Morgan fingerprint density at radius 2 is 2.29 bits per heavy atom. The zero-order valence-electron chi connectivity index (χ0n) is 9.07. The predicted molar refractivity (Wildman–Crippen MR) is 63.2 cm³/mol. The first kappa shape index (κ1) is 11.5. The third-order valence-corrected chi connectivity index (χ3v) is 3.07. The van der Waals surface area contributed by atoms with Crippen LogP contribution in [-0.2, 0) is 6.54 Å². The molecule has 0 bridgehead atoms. The van der Waals surface area contributed by atoms with Gasteiger partial charge < -0.3 is 10.0 Å². The van der Waals surface area contributed by atoms with E-state index < -0.39 is 5.97 Å². The number of rotatable bonds is 4. The highest BCUT2D eigenvalue weighted by molar-refractivity contribution is 7.17. The molecule has 0 radical (unpaired) electrons. The Hall–Kier alpha value is -2.02. The van der Waals surface area contributed by atoms with E-state index in [-0.39, 0.29) is 5.01 Å². The van der Waals surface area contributed by atoms with Crippen LogP contribution in [0.1, 0.15) is 15.5 Å². The van der Waals surface area contributed by atoms with Gasteiger partial charge in [0.25, 0.3) is 0 Å². The molecule has 0 unspecified atom stereocenters. The summed E-state index contributed by atoms with van der Waals surface area (Å²) in [6, 6.07) is 5.64. The number of hydrogen-bond acceptors (Lipinski definition) is 6. The molecule has 7 heteroatoms. The van der Waals surface area contributed by atoms with E-state index >= 15 is 0 Å². The van der Waals surface area contributed by atoms with Crippen LogP contribution in [-0.4, -0.2) is 33.3 Å². The van der Waals surface area contributed by atoms with Crippen LogP contribution in [0.15, 0.2) is 24.4 Å². The average Bonchev–Trinajstić information content (AvgIpc) is 2.79. The fraction of sp³-hybridized carbons (Fsp3) is 0.200. The standard InChI is InChI=1S/C10H10N4O2S/c1-14(6-7-4-2-3-5-11-7)10-13-12-8(17-10)9(15)16/h2-5H,6H2,1H3,(H,15,16). The summed E-state index contributed by atoms with van der Waals surface area (Å²) in [7, 11) is 1.82. The van der Waals surface area contributed by atoms with Crippen LogP contribution in [0.25, 0.3) is 0 Å². The van der Waals surface area contributed by atoms with E-state index in [0.29, 0.717) is 11.7 Å². The summed E-state index contributed by atoms with van der Waals surface area (Å²) in [6.07, 6.45) is 1.71. The quantitative estimate of drug-likeness (QED) is 0.880. The number of hydrogen-bond donors (Lipinski definition) is 1. The van der Waals surface area contributed by atoms with Crippen molar-refractivity contribution < 1.29 is 9.90 Å². The first-order chi connectivity index (χ1) is 8.16. The molecular weight excluding hydrogens is 240 g/mol. The second kappa shape index (κ2) is 4.88. The minimum absolute atomic E-state index is 0.00660. The van der Waals surface area contributed by atoms with Crippen molar-refractivity contribution in [3.8, 4) is 0 Å². The Balaban J connectivity index is 2.09. The molecule has 2 heterocycles. The zero-order chi connectivity index (χ0) is 12.3. The highest BCUT2D eigenvalue weighted by Crippen LogP contribution is 2.20. The summed E-state index contributed by atoms with van der Waals surface area (Å²) < 4.78 is 0. The SMILES string of the molecule is CN(Cc1ccccn1)c1nnc(C(=O)O)s1. The van der Waals surface area contributed by atoms with Gasteiger partial charge in [-0.05, 0) is 12.1 Å². The summed E-state index contributed by atoms with van der Waals surface area (Å²) in [5.41, 5.74) is 0.891. The first-order valence-electron chi connectivity index (χ1n) is 4.84. The number of carboxylic acids is 1. The maximum Gasteiger partial charge on any atom is 0.367 e. The Kier molecular flexibility index (Phi) is 3.29.